The molecule has 1 fully saturated rings. The van der Waals surface area contributed by atoms with Crippen molar-refractivity contribution in [3.63, 3.8) is 0 Å². The Kier molecular flexibility index (Phi) is 4.28. The Balaban J connectivity index is 1.81. The minimum atomic E-state index is -0.355. The van der Waals surface area contributed by atoms with Crippen molar-refractivity contribution in [1.82, 2.24) is 9.88 Å². The fraction of sp³-hybridized carbons (Fsp3) is 0.333. The Hall–Kier alpha value is -2.43. The summed E-state index contributed by atoms with van der Waals surface area (Å²) in [6.07, 6.45) is 2.37. The van der Waals surface area contributed by atoms with E-state index in [9.17, 15) is 14.0 Å². The number of nitrogens with one attached hydrogen (secondary N) is 1. The SMILES string of the molecule is Cc1ccc(C(=O)N2CCC[C@H]2Cc2cccc(F)c2)c(=O)[nH]1. The van der Waals surface area contributed by atoms with Crippen molar-refractivity contribution < 1.29 is 9.18 Å². The van der Waals surface area contributed by atoms with Crippen LogP contribution in [0.15, 0.2) is 41.2 Å². The van der Waals surface area contributed by atoms with E-state index in [1.54, 1.807) is 30.0 Å². The predicted octanol–water partition coefficient (Wildman–Crippen LogP) is 2.67. The number of aromatic nitrogens is 1. The van der Waals surface area contributed by atoms with Crippen LogP contribution in [0.3, 0.4) is 0 Å². The Morgan fingerprint density at radius 2 is 2.17 bits per heavy atom. The second-order valence-electron chi connectivity index (χ2n) is 6.01. The van der Waals surface area contributed by atoms with Crippen LogP contribution in [0.4, 0.5) is 4.39 Å². The highest BCUT2D eigenvalue weighted by molar-refractivity contribution is 5.94. The van der Waals surface area contributed by atoms with Gasteiger partial charge in [-0.3, -0.25) is 9.59 Å². The van der Waals surface area contributed by atoms with E-state index in [-0.39, 0.29) is 28.9 Å². The molecule has 0 spiro atoms. The minimum absolute atomic E-state index is 0.00463. The largest absolute Gasteiger partial charge is 0.335 e. The smallest absolute Gasteiger partial charge is 0.260 e. The maximum atomic E-state index is 13.3. The molecule has 1 aliphatic rings. The molecule has 2 heterocycles. The van der Waals surface area contributed by atoms with Gasteiger partial charge in [0.25, 0.3) is 11.5 Å². The molecule has 0 unspecified atom stereocenters. The molecule has 120 valence electrons. The molecule has 1 saturated heterocycles. The molecule has 1 aliphatic heterocycles. The van der Waals surface area contributed by atoms with Gasteiger partial charge in [-0.15, -0.1) is 0 Å². The Morgan fingerprint density at radius 1 is 1.35 bits per heavy atom. The lowest BCUT2D eigenvalue weighted by atomic mass is 10.0. The van der Waals surface area contributed by atoms with Crippen LogP contribution in [0.1, 0.15) is 34.5 Å². The number of amides is 1. The van der Waals surface area contributed by atoms with Gasteiger partial charge < -0.3 is 9.88 Å². The predicted molar refractivity (Wildman–Crippen MR) is 86.0 cm³/mol. The van der Waals surface area contributed by atoms with E-state index < -0.39 is 0 Å². The number of carbonyl (C=O) groups excluding carboxylic acids is 1. The molecule has 0 bridgehead atoms. The lowest BCUT2D eigenvalue weighted by Crippen LogP contribution is -2.39. The quantitative estimate of drug-likeness (QED) is 0.947. The second kappa shape index (κ2) is 6.36. The van der Waals surface area contributed by atoms with Crippen LogP contribution in [0.5, 0.6) is 0 Å². The molecule has 0 saturated carbocycles. The number of pyridine rings is 1. The third kappa shape index (κ3) is 3.33. The Bertz CT molecular complexity index is 785. The van der Waals surface area contributed by atoms with Crippen LogP contribution in [0.2, 0.25) is 0 Å². The van der Waals surface area contributed by atoms with Crippen molar-refractivity contribution >= 4 is 5.91 Å². The topological polar surface area (TPSA) is 53.2 Å². The van der Waals surface area contributed by atoms with Crippen LogP contribution in [0.25, 0.3) is 0 Å². The van der Waals surface area contributed by atoms with Crippen LogP contribution < -0.4 is 5.56 Å². The summed E-state index contributed by atoms with van der Waals surface area (Å²) in [5, 5.41) is 0. The number of carbonyl (C=O) groups is 1. The highest BCUT2D eigenvalue weighted by Crippen LogP contribution is 2.23. The molecule has 5 heteroatoms. The summed E-state index contributed by atoms with van der Waals surface area (Å²) in [4.78, 5) is 29.1. The van der Waals surface area contributed by atoms with E-state index >= 15 is 0 Å². The van der Waals surface area contributed by atoms with E-state index in [1.807, 2.05) is 6.07 Å². The molecule has 0 aliphatic carbocycles. The summed E-state index contributed by atoms with van der Waals surface area (Å²) in [6, 6.07) is 9.76. The van der Waals surface area contributed by atoms with Gasteiger partial charge >= 0.3 is 0 Å². The standard InChI is InChI=1S/C18H19FN2O2/c1-12-7-8-16(17(22)20-12)18(23)21-9-3-6-15(21)11-13-4-2-5-14(19)10-13/h2,4-5,7-8,10,15H,3,6,9,11H2,1H3,(H,20,22)/t15-/m0/s1. The van der Waals surface area contributed by atoms with Gasteiger partial charge in [0.15, 0.2) is 0 Å². The molecule has 1 amide bonds. The normalized spacial score (nSPS) is 17.5. The summed E-state index contributed by atoms with van der Waals surface area (Å²) >= 11 is 0. The molecule has 3 rings (SSSR count). The summed E-state index contributed by atoms with van der Waals surface area (Å²) in [6.45, 7) is 2.41. The van der Waals surface area contributed by atoms with E-state index in [4.69, 9.17) is 0 Å². The number of hydrogen-bond donors (Lipinski definition) is 1. The van der Waals surface area contributed by atoms with Gasteiger partial charge in [0.1, 0.15) is 11.4 Å². The first kappa shape index (κ1) is 15.5. The number of aryl methyl sites for hydroxylation is 1. The molecule has 4 nitrogen and oxygen atoms in total. The summed E-state index contributed by atoms with van der Waals surface area (Å²) in [5.74, 6) is -0.515. The van der Waals surface area contributed by atoms with Crippen molar-refractivity contribution in [1.29, 1.82) is 0 Å². The fourth-order valence-corrected chi connectivity index (χ4v) is 3.15. The van der Waals surface area contributed by atoms with Crippen LogP contribution in [0, 0.1) is 12.7 Å². The molecule has 1 aromatic heterocycles. The molecule has 1 N–H and O–H groups in total. The van der Waals surface area contributed by atoms with Gasteiger partial charge in [-0.25, -0.2) is 4.39 Å². The van der Waals surface area contributed by atoms with E-state index in [1.165, 1.54) is 12.1 Å². The average Bonchev–Trinajstić information content (AvgIpc) is 2.95. The summed E-state index contributed by atoms with van der Waals surface area (Å²) in [5.41, 5.74) is 1.41. The maximum Gasteiger partial charge on any atom is 0.260 e. The van der Waals surface area contributed by atoms with E-state index in [2.05, 4.69) is 4.98 Å². The Labute approximate surface area is 134 Å². The van der Waals surface area contributed by atoms with Gasteiger partial charge in [0.2, 0.25) is 0 Å². The van der Waals surface area contributed by atoms with Crippen molar-refractivity contribution in [2.45, 2.75) is 32.2 Å². The molecular weight excluding hydrogens is 295 g/mol. The van der Waals surface area contributed by atoms with Crippen molar-refractivity contribution in [2.75, 3.05) is 6.54 Å². The zero-order valence-electron chi connectivity index (χ0n) is 13.0. The monoisotopic (exact) mass is 314 g/mol. The highest BCUT2D eigenvalue weighted by Gasteiger charge is 2.30. The molecule has 0 radical (unpaired) electrons. The molecule has 23 heavy (non-hydrogen) atoms. The van der Waals surface area contributed by atoms with Gasteiger partial charge in [-0.1, -0.05) is 12.1 Å². The maximum absolute atomic E-state index is 13.3. The Morgan fingerprint density at radius 3 is 2.91 bits per heavy atom. The minimum Gasteiger partial charge on any atom is -0.335 e. The number of halogens is 1. The first-order valence-corrected chi connectivity index (χ1v) is 7.80. The zero-order valence-corrected chi connectivity index (χ0v) is 13.0. The first-order valence-electron chi connectivity index (χ1n) is 7.80. The number of H-pyrrole nitrogens is 1. The third-order valence-electron chi connectivity index (χ3n) is 4.28. The molecular formula is C18H19FN2O2. The van der Waals surface area contributed by atoms with Crippen LogP contribution in [-0.2, 0) is 6.42 Å². The molecule has 1 aromatic carbocycles. The summed E-state index contributed by atoms with van der Waals surface area (Å²) < 4.78 is 13.3. The molecule has 2 aromatic rings. The number of aromatic amines is 1. The van der Waals surface area contributed by atoms with Gasteiger partial charge in [0, 0.05) is 18.3 Å². The fourth-order valence-electron chi connectivity index (χ4n) is 3.15. The average molecular weight is 314 g/mol. The van der Waals surface area contributed by atoms with Crippen molar-refractivity contribution in [2.24, 2.45) is 0 Å². The number of likely N-dealkylation sites (tertiary alicyclic amines) is 1. The van der Waals surface area contributed by atoms with E-state index in [0.717, 1.165) is 24.1 Å². The lowest BCUT2D eigenvalue weighted by Gasteiger charge is -2.24. The van der Waals surface area contributed by atoms with Gasteiger partial charge in [-0.05, 0) is 56.0 Å². The summed E-state index contributed by atoms with van der Waals surface area (Å²) in [7, 11) is 0. The number of benzene rings is 1. The third-order valence-corrected chi connectivity index (χ3v) is 4.28. The second-order valence-corrected chi connectivity index (χ2v) is 6.01. The van der Waals surface area contributed by atoms with Crippen molar-refractivity contribution in [3.05, 3.63) is 69.4 Å². The molecule has 1 atom stereocenters. The lowest BCUT2D eigenvalue weighted by molar-refractivity contribution is 0.0734. The van der Waals surface area contributed by atoms with E-state index in [0.29, 0.717) is 13.0 Å². The zero-order chi connectivity index (χ0) is 16.4. The number of nitrogens with zero attached hydrogens (tertiary/aromatic N) is 1. The van der Waals surface area contributed by atoms with Crippen LogP contribution in [-0.4, -0.2) is 28.4 Å². The van der Waals surface area contributed by atoms with Crippen molar-refractivity contribution in [3.8, 4) is 0 Å². The number of hydrogen-bond acceptors (Lipinski definition) is 2. The highest BCUT2D eigenvalue weighted by atomic mass is 19.1. The van der Waals surface area contributed by atoms with Gasteiger partial charge in [-0.2, -0.15) is 0 Å². The number of rotatable bonds is 3. The van der Waals surface area contributed by atoms with Gasteiger partial charge in [0.05, 0.1) is 0 Å². The van der Waals surface area contributed by atoms with Crippen LogP contribution >= 0.6 is 0 Å². The first-order chi connectivity index (χ1) is 11.0.